The second kappa shape index (κ2) is 6.62. The summed E-state index contributed by atoms with van der Waals surface area (Å²) in [5.74, 6) is 0.0101. The molecule has 2 heterocycles. The number of nitro benzene ring substituents is 1. The Kier molecular flexibility index (Phi) is 4.40. The van der Waals surface area contributed by atoms with E-state index in [-0.39, 0.29) is 34.1 Å². The standard InChI is InChI=1S/C20H20ClN3O3/c1-12-3-6-18-14(9-12)16-11-22(2)8-7-19(16)23(18)20(25)15-10-13(24(26)27)4-5-17(15)21/h3-6,9-10,16,19H,7-8,11H2,1-2H3/p+1/t16-,19+/m0/s1. The summed E-state index contributed by atoms with van der Waals surface area (Å²) in [6, 6.07) is 10.2. The van der Waals surface area contributed by atoms with Crippen LogP contribution in [-0.4, -0.2) is 37.0 Å². The number of aryl methyl sites for hydroxylation is 1. The van der Waals surface area contributed by atoms with Gasteiger partial charge in [0, 0.05) is 24.2 Å². The summed E-state index contributed by atoms with van der Waals surface area (Å²) in [5.41, 5.74) is 3.31. The van der Waals surface area contributed by atoms with Crippen molar-refractivity contribution in [3.63, 3.8) is 0 Å². The number of halogens is 1. The fourth-order valence-corrected chi connectivity index (χ4v) is 4.58. The van der Waals surface area contributed by atoms with E-state index in [1.54, 1.807) is 0 Å². The van der Waals surface area contributed by atoms with Crippen LogP contribution in [0.4, 0.5) is 11.4 Å². The summed E-state index contributed by atoms with van der Waals surface area (Å²) in [7, 11) is 2.17. The first-order valence-electron chi connectivity index (χ1n) is 9.06. The Labute approximate surface area is 162 Å². The van der Waals surface area contributed by atoms with Crippen molar-refractivity contribution in [2.24, 2.45) is 0 Å². The summed E-state index contributed by atoms with van der Waals surface area (Å²) in [5, 5.41) is 11.4. The third-order valence-corrected chi connectivity index (χ3v) is 6.01. The molecular weight excluding hydrogens is 366 g/mol. The van der Waals surface area contributed by atoms with Crippen LogP contribution in [0.25, 0.3) is 0 Å². The molecule has 0 saturated carbocycles. The lowest BCUT2D eigenvalue weighted by atomic mass is 9.88. The van der Waals surface area contributed by atoms with Crippen LogP contribution in [-0.2, 0) is 0 Å². The number of anilines is 1. The average molecular weight is 387 g/mol. The number of piperidine rings is 1. The first-order valence-corrected chi connectivity index (χ1v) is 9.44. The number of fused-ring (bicyclic) bond motifs is 3. The van der Waals surface area contributed by atoms with Gasteiger partial charge in [-0.15, -0.1) is 0 Å². The van der Waals surface area contributed by atoms with Crippen molar-refractivity contribution in [1.82, 2.24) is 0 Å². The maximum atomic E-state index is 13.4. The van der Waals surface area contributed by atoms with E-state index in [2.05, 4.69) is 20.0 Å². The molecule has 140 valence electrons. The number of nitrogens with zero attached hydrogens (tertiary/aromatic N) is 2. The van der Waals surface area contributed by atoms with E-state index in [9.17, 15) is 14.9 Å². The second-order valence-electron chi connectivity index (χ2n) is 7.53. The summed E-state index contributed by atoms with van der Waals surface area (Å²) in [6.07, 6.45) is 0.891. The molecule has 2 aromatic carbocycles. The minimum Gasteiger partial charge on any atom is -0.337 e. The minimum atomic E-state index is -0.504. The lowest BCUT2D eigenvalue weighted by molar-refractivity contribution is -0.886. The zero-order valence-electron chi connectivity index (χ0n) is 15.2. The molecule has 4 rings (SSSR count). The minimum absolute atomic E-state index is 0.0633. The molecule has 0 radical (unpaired) electrons. The smallest absolute Gasteiger partial charge is 0.270 e. The number of carbonyl (C=O) groups excluding carboxylic acids is 1. The fraction of sp³-hybridized carbons (Fsp3) is 0.350. The van der Waals surface area contributed by atoms with Crippen molar-refractivity contribution >= 4 is 28.9 Å². The van der Waals surface area contributed by atoms with E-state index in [0.29, 0.717) is 0 Å². The van der Waals surface area contributed by atoms with Gasteiger partial charge in [0.25, 0.3) is 11.6 Å². The van der Waals surface area contributed by atoms with Crippen LogP contribution < -0.4 is 9.80 Å². The van der Waals surface area contributed by atoms with Crippen LogP contribution in [0.1, 0.15) is 33.8 Å². The molecule has 1 fully saturated rings. The number of carbonyl (C=O) groups is 1. The Morgan fingerprint density at radius 2 is 2.07 bits per heavy atom. The largest absolute Gasteiger partial charge is 0.337 e. The quantitative estimate of drug-likeness (QED) is 0.637. The maximum Gasteiger partial charge on any atom is 0.270 e. The number of benzene rings is 2. The molecule has 6 nitrogen and oxygen atoms in total. The fourth-order valence-electron chi connectivity index (χ4n) is 4.38. The number of likely N-dealkylation sites (tertiary alicyclic amines) is 1. The van der Waals surface area contributed by atoms with Gasteiger partial charge >= 0.3 is 0 Å². The van der Waals surface area contributed by atoms with Crippen LogP contribution in [0.2, 0.25) is 5.02 Å². The van der Waals surface area contributed by atoms with E-state index in [1.165, 1.54) is 34.2 Å². The molecule has 2 aliphatic rings. The Balaban J connectivity index is 1.80. The van der Waals surface area contributed by atoms with Gasteiger partial charge in [0.2, 0.25) is 0 Å². The van der Waals surface area contributed by atoms with Crippen LogP contribution in [0.5, 0.6) is 0 Å². The number of nitro groups is 1. The van der Waals surface area contributed by atoms with Gasteiger partial charge in [-0.2, -0.15) is 0 Å². The number of quaternary nitrogens is 1. The summed E-state index contributed by atoms with van der Waals surface area (Å²) >= 11 is 6.25. The van der Waals surface area contributed by atoms with Gasteiger partial charge in [-0.05, 0) is 24.6 Å². The molecule has 0 aliphatic carbocycles. The van der Waals surface area contributed by atoms with E-state index < -0.39 is 4.92 Å². The summed E-state index contributed by atoms with van der Waals surface area (Å²) in [6.45, 7) is 4.00. The molecule has 3 atom stereocenters. The SMILES string of the molecule is Cc1ccc2c(c1)[C@@H]1C[NH+](C)CC[C@H]1N2C(=O)c1cc([N+](=O)[O-])ccc1Cl. The highest BCUT2D eigenvalue weighted by molar-refractivity contribution is 6.34. The number of amides is 1. The molecule has 1 unspecified atom stereocenters. The first-order chi connectivity index (χ1) is 12.9. The monoisotopic (exact) mass is 386 g/mol. The molecular formula is C20H21ClN3O3+. The number of hydrogen-bond donors (Lipinski definition) is 1. The maximum absolute atomic E-state index is 13.4. The third kappa shape index (κ3) is 2.99. The normalized spacial score (nSPS) is 23.7. The molecule has 0 aromatic heterocycles. The van der Waals surface area contributed by atoms with Gasteiger partial charge in [0.05, 0.1) is 47.6 Å². The number of hydrogen-bond acceptors (Lipinski definition) is 3. The Bertz CT molecular complexity index is 946. The van der Waals surface area contributed by atoms with Crippen molar-refractivity contribution in [2.75, 3.05) is 25.0 Å². The average Bonchev–Trinajstić information content (AvgIpc) is 2.94. The molecule has 0 bridgehead atoms. The number of likely N-dealkylation sites (N-methyl/N-ethyl adjacent to an activating group) is 1. The van der Waals surface area contributed by atoms with Crippen molar-refractivity contribution in [1.29, 1.82) is 0 Å². The van der Waals surface area contributed by atoms with Crippen molar-refractivity contribution < 1.29 is 14.6 Å². The molecule has 27 heavy (non-hydrogen) atoms. The zero-order valence-corrected chi connectivity index (χ0v) is 16.0. The Hall–Kier alpha value is -2.44. The van der Waals surface area contributed by atoms with Gasteiger partial charge in [0.1, 0.15) is 0 Å². The van der Waals surface area contributed by atoms with E-state index in [4.69, 9.17) is 11.6 Å². The van der Waals surface area contributed by atoms with Crippen molar-refractivity contribution in [3.8, 4) is 0 Å². The predicted octanol–water partition coefficient (Wildman–Crippen LogP) is 2.59. The predicted molar refractivity (Wildman–Crippen MR) is 104 cm³/mol. The van der Waals surface area contributed by atoms with E-state index in [0.717, 1.165) is 25.2 Å². The van der Waals surface area contributed by atoms with Crippen LogP contribution in [0, 0.1) is 17.0 Å². The van der Waals surface area contributed by atoms with Crippen LogP contribution >= 0.6 is 11.6 Å². The van der Waals surface area contributed by atoms with Crippen molar-refractivity contribution in [2.45, 2.75) is 25.3 Å². The second-order valence-corrected chi connectivity index (χ2v) is 7.94. The third-order valence-electron chi connectivity index (χ3n) is 5.68. The van der Waals surface area contributed by atoms with Crippen molar-refractivity contribution in [3.05, 3.63) is 68.2 Å². The molecule has 2 aromatic rings. The van der Waals surface area contributed by atoms with Crippen LogP contribution in [0.3, 0.4) is 0 Å². The number of non-ortho nitro benzene ring substituents is 1. The van der Waals surface area contributed by atoms with Gasteiger partial charge in [0.15, 0.2) is 0 Å². The molecule has 0 spiro atoms. The number of nitrogens with one attached hydrogen (secondary N) is 1. The summed E-state index contributed by atoms with van der Waals surface area (Å²) < 4.78 is 0. The summed E-state index contributed by atoms with van der Waals surface area (Å²) in [4.78, 5) is 27.3. The van der Waals surface area contributed by atoms with E-state index in [1.807, 2.05) is 17.0 Å². The molecule has 1 amide bonds. The van der Waals surface area contributed by atoms with Gasteiger partial charge in [-0.25, -0.2) is 0 Å². The molecule has 2 aliphatic heterocycles. The Morgan fingerprint density at radius 1 is 1.30 bits per heavy atom. The topological polar surface area (TPSA) is 67.9 Å². The highest BCUT2D eigenvalue weighted by Gasteiger charge is 2.46. The molecule has 1 N–H and O–H groups in total. The lowest BCUT2D eigenvalue weighted by Crippen LogP contribution is -3.11. The van der Waals surface area contributed by atoms with Gasteiger partial charge < -0.3 is 9.80 Å². The highest BCUT2D eigenvalue weighted by atomic mass is 35.5. The molecule has 1 saturated heterocycles. The van der Waals surface area contributed by atoms with Crippen LogP contribution in [0.15, 0.2) is 36.4 Å². The highest BCUT2D eigenvalue weighted by Crippen LogP contribution is 2.44. The lowest BCUT2D eigenvalue weighted by Gasteiger charge is -2.34. The van der Waals surface area contributed by atoms with Gasteiger partial charge in [-0.1, -0.05) is 29.3 Å². The van der Waals surface area contributed by atoms with Gasteiger partial charge in [-0.3, -0.25) is 14.9 Å². The number of rotatable bonds is 2. The molecule has 7 heteroatoms. The zero-order chi connectivity index (χ0) is 19.3. The first kappa shape index (κ1) is 17.9. The Morgan fingerprint density at radius 3 is 2.81 bits per heavy atom. The van der Waals surface area contributed by atoms with E-state index >= 15 is 0 Å².